The van der Waals surface area contributed by atoms with Crippen LogP contribution in [0, 0.1) is 13.8 Å². The summed E-state index contributed by atoms with van der Waals surface area (Å²) in [7, 11) is -0.178. The van der Waals surface area contributed by atoms with E-state index in [1.165, 1.54) is 6.20 Å². The number of piperidine rings is 1. The fourth-order valence-corrected chi connectivity index (χ4v) is 5.84. The number of rotatable bonds is 5. The third kappa shape index (κ3) is 4.22. The molecule has 0 N–H and O–H groups in total. The second-order valence-electron chi connectivity index (χ2n) is 8.07. The molecule has 31 heavy (non-hydrogen) atoms. The van der Waals surface area contributed by atoms with Crippen LogP contribution < -0.4 is 4.74 Å². The van der Waals surface area contributed by atoms with Crippen molar-refractivity contribution in [3.63, 3.8) is 0 Å². The molecule has 3 aromatic rings. The summed E-state index contributed by atoms with van der Waals surface area (Å²) >= 11 is 0. The maximum absolute atomic E-state index is 13.3. The molecule has 0 bridgehead atoms. The van der Waals surface area contributed by atoms with Crippen LogP contribution in [-0.4, -0.2) is 47.7 Å². The van der Waals surface area contributed by atoms with Crippen molar-refractivity contribution in [1.29, 1.82) is 0 Å². The van der Waals surface area contributed by atoms with Gasteiger partial charge in [-0.05, 0) is 62.1 Å². The molecule has 1 atom stereocenters. The molecule has 0 spiro atoms. The zero-order chi connectivity index (χ0) is 22.2. The highest BCUT2D eigenvalue weighted by atomic mass is 32.2. The van der Waals surface area contributed by atoms with Crippen molar-refractivity contribution in [1.82, 2.24) is 19.1 Å². The highest BCUT2D eigenvalue weighted by molar-refractivity contribution is 7.89. The lowest BCUT2D eigenvalue weighted by molar-refractivity contribution is 0.312. The first-order valence-corrected chi connectivity index (χ1v) is 11.9. The van der Waals surface area contributed by atoms with Gasteiger partial charge < -0.3 is 4.74 Å². The lowest BCUT2D eigenvalue weighted by Crippen LogP contribution is -2.39. The molecule has 1 saturated heterocycles. The van der Waals surface area contributed by atoms with Crippen molar-refractivity contribution in [3.05, 3.63) is 59.7 Å². The summed E-state index contributed by atoms with van der Waals surface area (Å²) in [4.78, 5) is 5.05. The molecule has 0 radical (unpaired) electrons. The van der Waals surface area contributed by atoms with Gasteiger partial charge in [0.25, 0.3) is 0 Å². The summed E-state index contributed by atoms with van der Waals surface area (Å²) in [5.74, 6) is 0.867. The number of nitrogens with zero attached hydrogens (tertiary/aromatic N) is 4. The van der Waals surface area contributed by atoms with Crippen molar-refractivity contribution in [3.8, 4) is 16.9 Å². The molecule has 3 heterocycles. The zero-order valence-corrected chi connectivity index (χ0v) is 19.2. The van der Waals surface area contributed by atoms with Gasteiger partial charge in [0.15, 0.2) is 0 Å². The predicted octanol–water partition coefficient (Wildman–Crippen LogP) is 3.68. The maximum Gasteiger partial charge on any atom is 0.246 e. The fraction of sp³-hybridized carbons (Fsp3) is 0.391. The Bertz CT molecular complexity index is 1190. The average Bonchev–Trinajstić information content (AvgIpc) is 3.12. The third-order valence-corrected chi connectivity index (χ3v) is 7.98. The van der Waals surface area contributed by atoms with Crippen LogP contribution in [0.5, 0.6) is 5.75 Å². The third-order valence-electron chi connectivity index (χ3n) is 6.01. The van der Waals surface area contributed by atoms with E-state index >= 15 is 0 Å². The van der Waals surface area contributed by atoms with Crippen LogP contribution in [0.15, 0.2) is 47.5 Å². The van der Waals surface area contributed by atoms with Gasteiger partial charge in [0.2, 0.25) is 10.0 Å². The van der Waals surface area contributed by atoms with Crippen LogP contribution >= 0.6 is 0 Å². The van der Waals surface area contributed by atoms with E-state index in [9.17, 15) is 8.42 Å². The van der Waals surface area contributed by atoms with Gasteiger partial charge in [-0.1, -0.05) is 12.1 Å². The minimum absolute atomic E-state index is 0.0531. The van der Waals surface area contributed by atoms with Crippen molar-refractivity contribution in [2.75, 3.05) is 20.2 Å². The normalized spacial score (nSPS) is 17.6. The predicted molar refractivity (Wildman–Crippen MR) is 120 cm³/mol. The molecule has 0 aliphatic carbocycles. The summed E-state index contributed by atoms with van der Waals surface area (Å²) in [6.45, 7) is 4.71. The van der Waals surface area contributed by atoms with Crippen molar-refractivity contribution < 1.29 is 13.2 Å². The zero-order valence-electron chi connectivity index (χ0n) is 18.4. The van der Waals surface area contributed by atoms with Gasteiger partial charge in [-0.15, -0.1) is 0 Å². The molecule has 2 aromatic heterocycles. The SMILES string of the molecule is COc1ccc(-c2cc(C)nc(C3CCCN(S(=O)(=O)c4cnn(C)c4C)C3)c2)cc1. The quantitative estimate of drug-likeness (QED) is 0.605. The number of benzene rings is 1. The highest BCUT2D eigenvalue weighted by Gasteiger charge is 2.33. The van der Waals surface area contributed by atoms with Crippen LogP contribution in [0.25, 0.3) is 11.1 Å². The molecule has 1 aliphatic heterocycles. The van der Waals surface area contributed by atoms with E-state index in [0.29, 0.717) is 18.8 Å². The van der Waals surface area contributed by atoms with Crippen LogP contribution in [0.1, 0.15) is 35.8 Å². The van der Waals surface area contributed by atoms with Crippen molar-refractivity contribution in [2.45, 2.75) is 37.5 Å². The maximum atomic E-state index is 13.3. The van der Waals surface area contributed by atoms with E-state index < -0.39 is 10.0 Å². The van der Waals surface area contributed by atoms with Gasteiger partial charge in [-0.3, -0.25) is 9.67 Å². The smallest absolute Gasteiger partial charge is 0.246 e. The number of ether oxygens (including phenoxy) is 1. The van der Waals surface area contributed by atoms with E-state index in [2.05, 4.69) is 17.2 Å². The summed E-state index contributed by atoms with van der Waals surface area (Å²) in [6, 6.07) is 12.1. The number of pyridine rings is 1. The molecular weight excluding hydrogens is 412 g/mol. The summed E-state index contributed by atoms with van der Waals surface area (Å²) in [6.07, 6.45) is 3.16. The topological polar surface area (TPSA) is 77.3 Å². The average molecular weight is 441 g/mol. The first kappa shape index (κ1) is 21.5. The molecule has 0 saturated carbocycles. The van der Waals surface area contributed by atoms with Crippen LogP contribution in [-0.2, 0) is 17.1 Å². The first-order valence-electron chi connectivity index (χ1n) is 10.4. The lowest BCUT2D eigenvalue weighted by Gasteiger charge is -2.31. The molecule has 4 rings (SSSR count). The lowest BCUT2D eigenvalue weighted by atomic mass is 9.93. The monoisotopic (exact) mass is 440 g/mol. The number of sulfonamides is 1. The number of hydrogen-bond acceptors (Lipinski definition) is 5. The molecule has 1 aliphatic rings. The van der Waals surface area contributed by atoms with Gasteiger partial charge in [0.05, 0.1) is 19.0 Å². The minimum atomic E-state index is -3.58. The van der Waals surface area contributed by atoms with Crippen LogP contribution in [0.2, 0.25) is 0 Å². The molecule has 0 amide bonds. The van der Waals surface area contributed by atoms with Crippen molar-refractivity contribution >= 4 is 10.0 Å². The van der Waals surface area contributed by atoms with Gasteiger partial charge in [0.1, 0.15) is 10.6 Å². The molecular formula is C23H28N4O3S. The van der Waals surface area contributed by atoms with E-state index in [-0.39, 0.29) is 10.8 Å². The summed E-state index contributed by atoms with van der Waals surface area (Å²) < 4.78 is 34.9. The number of methoxy groups -OCH3 is 1. The summed E-state index contributed by atoms with van der Waals surface area (Å²) in [5, 5.41) is 4.11. The Kier molecular flexibility index (Phi) is 5.85. The Morgan fingerprint density at radius 1 is 1.10 bits per heavy atom. The molecule has 7 nitrogen and oxygen atoms in total. The number of aromatic nitrogens is 3. The van der Waals surface area contributed by atoms with Gasteiger partial charge in [-0.25, -0.2) is 8.42 Å². The van der Waals surface area contributed by atoms with E-state index in [4.69, 9.17) is 9.72 Å². The van der Waals surface area contributed by atoms with Crippen LogP contribution in [0.4, 0.5) is 0 Å². The highest BCUT2D eigenvalue weighted by Crippen LogP contribution is 2.32. The number of aryl methyl sites for hydroxylation is 2. The van der Waals surface area contributed by atoms with E-state index in [1.54, 1.807) is 30.1 Å². The standard InChI is InChI=1S/C23H28N4O3S/c1-16-12-20(18-7-9-21(30-4)10-8-18)13-22(25-16)19-6-5-11-27(15-19)31(28,29)23-14-24-26(3)17(23)2/h7-10,12-14,19H,5-6,11,15H2,1-4H3. The van der Waals surface area contributed by atoms with Gasteiger partial charge in [0, 0.05) is 37.4 Å². The van der Waals surface area contributed by atoms with Gasteiger partial charge >= 0.3 is 0 Å². The Hall–Kier alpha value is -2.71. The Labute approximate surface area is 183 Å². The number of hydrogen-bond donors (Lipinski definition) is 0. The first-order chi connectivity index (χ1) is 14.8. The molecule has 164 valence electrons. The fourth-order valence-electron chi connectivity index (χ4n) is 4.13. The van der Waals surface area contributed by atoms with E-state index in [0.717, 1.165) is 41.1 Å². The molecule has 1 aromatic carbocycles. The Balaban J connectivity index is 1.62. The Morgan fingerprint density at radius 2 is 1.84 bits per heavy atom. The van der Waals surface area contributed by atoms with Gasteiger partial charge in [-0.2, -0.15) is 9.40 Å². The second kappa shape index (κ2) is 8.43. The largest absolute Gasteiger partial charge is 0.497 e. The molecule has 1 fully saturated rings. The Morgan fingerprint density at radius 3 is 2.48 bits per heavy atom. The summed E-state index contributed by atoms with van der Waals surface area (Å²) in [5.41, 5.74) is 4.67. The van der Waals surface area contributed by atoms with Crippen molar-refractivity contribution in [2.24, 2.45) is 7.05 Å². The van der Waals surface area contributed by atoms with E-state index in [1.807, 2.05) is 31.2 Å². The van der Waals surface area contributed by atoms with Crippen LogP contribution in [0.3, 0.4) is 0 Å². The molecule has 1 unspecified atom stereocenters. The molecule has 8 heteroatoms. The second-order valence-corrected chi connectivity index (χ2v) is 9.98. The minimum Gasteiger partial charge on any atom is -0.497 e.